The fourth-order valence-corrected chi connectivity index (χ4v) is 4.43. The molecule has 1 aliphatic rings. The molecule has 0 atom stereocenters. The SMILES string of the molecule is COc1ccc(CN(C(=O)c2cc(-c3cc(C)oc3C)nc3c2cnn3C(C)C)C2CC2)cc1. The second-order valence-electron chi connectivity index (χ2n) is 9.31. The Labute approximate surface area is 199 Å². The highest BCUT2D eigenvalue weighted by Crippen LogP contribution is 2.34. The average molecular weight is 459 g/mol. The number of amides is 1. The summed E-state index contributed by atoms with van der Waals surface area (Å²) in [5.41, 5.74) is 4.05. The summed E-state index contributed by atoms with van der Waals surface area (Å²) in [6.07, 6.45) is 3.81. The maximum atomic E-state index is 14.0. The number of aromatic nitrogens is 3. The van der Waals surface area contributed by atoms with Gasteiger partial charge >= 0.3 is 0 Å². The largest absolute Gasteiger partial charge is 0.497 e. The van der Waals surface area contributed by atoms with Crippen molar-refractivity contribution in [3.8, 4) is 17.0 Å². The van der Waals surface area contributed by atoms with Gasteiger partial charge in [0.05, 0.1) is 30.0 Å². The van der Waals surface area contributed by atoms with Gasteiger partial charge < -0.3 is 14.1 Å². The Bertz CT molecular complexity index is 1350. The molecule has 0 aliphatic heterocycles. The number of pyridine rings is 1. The van der Waals surface area contributed by atoms with Crippen LogP contribution in [0.15, 0.2) is 47.0 Å². The first-order chi connectivity index (χ1) is 16.4. The van der Waals surface area contributed by atoms with Gasteiger partial charge in [-0.15, -0.1) is 0 Å². The van der Waals surface area contributed by atoms with E-state index >= 15 is 0 Å². The smallest absolute Gasteiger partial charge is 0.255 e. The molecule has 1 fully saturated rings. The molecule has 7 nitrogen and oxygen atoms in total. The van der Waals surface area contributed by atoms with Crippen LogP contribution in [-0.2, 0) is 6.54 Å². The van der Waals surface area contributed by atoms with Crippen LogP contribution in [0.25, 0.3) is 22.3 Å². The summed E-state index contributed by atoms with van der Waals surface area (Å²) in [7, 11) is 1.65. The van der Waals surface area contributed by atoms with E-state index < -0.39 is 0 Å². The predicted octanol–water partition coefficient (Wildman–Crippen LogP) is 5.70. The Morgan fingerprint density at radius 1 is 1.21 bits per heavy atom. The van der Waals surface area contributed by atoms with Gasteiger partial charge in [-0.05, 0) is 70.4 Å². The number of hydrogen-bond donors (Lipinski definition) is 0. The first-order valence-electron chi connectivity index (χ1n) is 11.7. The maximum absolute atomic E-state index is 14.0. The normalized spacial score (nSPS) is 13.6. The van der Waals surface area contributed by atoms with Crippen LogP contribution in [-0.4, -0.2) is 38.7 Å². The van der Waals surface area contributed by atoms with Crippen molar-refractivity contribution in [1.82, 2.24) is 19.7 Å². The number of methoxy groups -OCH3 is 1. The summed E-state index contributed by atoms with van der Waals surface area (Å²) >= 11 is 0. The van der Waals surface area contributed by atoms with E-state index in [1.54, 1.807) is 13.3 Å². The van der Waals surface area contributed by atoms with Gasteiger partial charge in [-0.1, -0.05) is 12.1 Å². The number of nitrogens with zero attached hydrogens (tertiary/aromatic N) is 4. The summed E-state index contributed by atoms with van der Waals surface area (Å²) in [5, 5.41) is 5.35. The van der Waals surface area contributed by atoms with Gasteiger partial charge in [0, 0.05) is 24.2 Å². The molecular weight excluding hydrogens is 428 g/mol. The fraction of sp³-hybridized carbons (Fsp3) is 0.370. The number of carbonyl (C=O) groups is 1. The van der Waals surface area contributed by atoms with E-state index in [0.717, 1.165) is 52.3 Å². The first kappa shape index (κ1) is 22.2. The molecule has 0 saturated heterocycles. The Balaban J connectivity index is 1.60. The van der Waals surface area contributed by atoms with Crippen molar-refractivity contribution >= 4 is 16.9 Å². The lowest BCUT2D eigenvalue weighted by Gasteiger charge is -2.23. The van der Waals surface area contributed by atoms with E-state index in [-0.39, 0.29) is 18.0 Å². The third kappa shape index (κ3) is 4.06. The van der Waals surface area contributed by atoms with Crippen LogP contribution in [0.5, 0.6) is 5.75 Å². The van der Waals surface area contributed by atoms with Gasteiger partial charge in [-0.25, -0.2) is 9.67 Å². The third-order valence-corrected chi connectivity index (χ3v) is 6.36. The van der Waals surface area contributed by atoms with E-state index in [0.29, 0.717) is 17.8 Å². The number of benzene rings is 1. The Kier molecular flexibility index (Phi) is 5.63. The molecule has 5 rings (SSSR count). The maximum Gasteiger partial charge on any atom is 0.255 e. The molecule has 0 N–H and O–H groups in total. The van der Waals surface area contributed by atoms with Crippen LogP contribution in [0.2, 0.25) is 0 Å². The van der Waals surface area contributed by atoms with Gasteiger partial charge in [-0.3, -0.25) is 4.79 Å². The van der Waals surface area contributed by atoms with Crippen molar-refractivity contribution < 1.29 is 13.9 Å². The number of fused-ring (bicyclic) bond motifs is 1. The molecule has 0 radical (unpaired) electrons. The number of carbonyl (C=O) groups excluding carboxylic acids is 1. The van der Waals surface area contributed by atoms with Crippen molar-refractivity contribution in [2.45, 2.75) is 59.2 Å². The molecule has 1 saturated carbocycles. The highest BCUT2D eigenvalue weighted by atomic mass is 16.5. The van der Waals surface area contributed by atoms with Crippen LogP contribution in [0.3, 0.4) is 0 Å². The van der Waals surface area contributed by atoms with Gasteiger partial charge in [0.2, 0.25) is 0 Å². The fourth-order valence-electron chi connectivity index (χ4n) is 4.43. The zero-order valence-electron chi connectivity index (χ0n) is 20.3. The molecule has 3 aromatic heterocycles. The topological polar surface area (TPSA) is 73.4 Å². The predicted molar refractivity (Wildman–Crippen MR) is 131 cm³/mol. The molecule has 7 heteroatoms. The summed E-state index contributed by atoms with van der Waals surface area (Å²) in [6.45, 7) is 8.53. The van der Waals surface area contributed by atoms with Crippen molar-refractivity contribution in [1.29, 1.82) is 0 Å². The lowest BCUT2D eigenvalue weighted by molar-refractivity contribution is 0.0732. The number of aryl methyl sites for hydroxylation is 2. The van der Waals surface area contributed by atoms with Gasteiger partial charge in [-0.2, -0.15) is 5.10 Å². The molecule has 1 aromatic carbocycles. The van der Waals surface area contributed by atoms with Crippen molar-refractivity contribution in [3.05, 3.63) is 65.2 Å². The van der Waals surface area contributed by atoms with Gasteiger partial charge in [0.25, 0.3) is 5.91 Å². The highest BCUT2D eigenvalue weighted by molar-refractivity contribution is 6.06. The molecule has 4 aromatic rings. The Hall–Kier alpha value is -3.61. The van der Waals surface area contributed by atoms with E-state index in [1.165, 1.54) is 0 Å². The van der Waals surface area contributed by atoms with Crippen molar-refractivity contribution in [2.75, 3.05) is 7.11 Å². The lowest BCUT2D eigenvalue weighted by atomic mass is 10.1. The highest BCUT2D eigenvalue weighted by Gasteiger charge is 2.34. The monoisotopic (exact) mass is 458 g/mol. The Morgan fingerprint density at radius 3 is 2.53 bits per heavy atom. The van der Waals surface area contributed by atoms with Crippen LogP contribution < -0.4 is 4.74 Å². The van der Waals surface area contributed by atoms with Crippen LogP contribution >= 0.6 is 0 Å². The third-order valence-electron chi connectivity index (χ3n) is 6.36. The summed E-state index contributed by atoms with van der Waals surface area (Å²) in [5.74, 6) is 2.42. The van der Waals surface area contributed by atoms with Crippen molar-refractivity contribution in [3.63, 3.8) is 0 Å². The minimum Gasteiger partial charge on any atom is -0.497 e. The molecule has 1 aliphatic carbocycles. The molecule has 1 amide bonds. The van der Waals surface area contributed by atoms with Crippen LogP contribution in [0.4, 0.5) is 0 Å². The van der Waals surface area contributed by atoms with Crippen LogP contribution in [0.1, 0.15) is 60.2 Å². The zero-order valence-corrected chi connectivity index (χ0v) is 20.3. The minimum atomic E-state index is 0.00754. The van der Waals surface area contributed by atoms with Crippen LogP contribution in [0, 0.1) is 13.8 Å². The first-order valence-corrected chi connectivity index (χ1v) is 11.7. The molecule has 3 heterocycles. The standard InChI is InChI=1S/C27H30N4O3/c1-16(2)31-26-24(14-28-31)23(13-25(29-26)22-12-17(3)34-18(22)4)27(32)30(20-8-9-20)15-19-6-10-21(33-5)11-7-19/h6-7,10-14,16,20H,8-9,15H2,1-5H3. The van der Waals surface area contributed by atoms with E-state index in [1.807, 2.05) is 59.8 Å². The molecule has 0 unspecified atom stereocenters. The molecule has 176 valence electrons. The lowest BCUT2D eigenvalue weighted by Crippen LogP contribution is -2.32. The minimum absolute atomic E-state index is 0.00754. The van der Waals surface area contributed by atoms with E-state index in [4.69, 9.17) is 14.1 Å². The second kappa shape index (κ2) is 8.63. The quantitative estimate of drug-likeness (QED) is 0.355. The summed E-state index contributed by atoms with van der Waals surface area (Å²) in [6, 6.07) is 12.1. The number of ether oxygens (including phenoxy) is 1. The molecule has 34 heavy (non-hydrogen) atoms. The van der Waals surface area contributed by atoms with E-state index in [9.17, 15) is 4.79 Å². The molecule has 0 bridgehead atoms. The second-order valence-corrected chi connectivity index (χ2v) is 9.31. The van der Waals surface area contributed by atoms with Gasteiger partial charge in [0.15, 0.2) is 5.65 Å². The van der Waals surface area contributed by atoms with E-state index in [2.05, 4.69) is 18.9 Å². The summed E-state index contributed by atoms with van der Waals surface area (Å²) in [4.78, 5) is 20.9. The van der Waals surface area contributed by atoms with Crippen molar-refractivity contribution in [2.24, 2.45) is 0 Å². The number of rotatable bonds is 7. The van der Waals surface area contributed by atoms with Gasteiger partial charge in [0.1, 0.15) is 17.3 Å². The number of hydrogen-bond acceptors (Lipinski definition) is 5. The zero-order chi connectivity index (χ0) is 24.0. The average Bonchev–Trinajstić information content (AvgIpc) is 3.48. The molecular formula is C27H30N4O3. The number of furan rings is 1. The molecule has 0 spiro atoms. The Morgan fingerprint density at radius 2 is 1.94 bits per heavy atom. The summed E-state index contributed by atoms with van der Waals surface area (Å²) < 4.78 is 12.9.